The molecular weight excluding hydrogens is 314 g/mol. The molecule has 0 aliphatic heterocycles. The number of ether oxygens (including phenoxy) is 1. The van der Waals surface area contributed by atoms with Gasteiger partial charge in [-0.25, -0.2) is 4.98 Å². The largest absolute Gasteiger partial charge is 0.493 e. The fourth-order valence-electron chi connectivity index (χ4n) is 2.53. The van der Waals surface area contributed by atoms with E-state index in [0.29, 0.717) is 18.7 Å². The van der Waals surface area contributed by atoms with E-state index in [1.807, 2.05) is 42.5 Å². The van der Waals surface area contributed by atoms with Gasteiger partial charge in [-0.2, -0.15) is 0 Å². The molecule has 0 saturated heterocycles. The number of nitrogens with one attached hydrogen (secondary N) is 1. The highest BCUT2D eigenvalue weighted by Crippen LogP contribution is 2.15. The Morgan fingerprint density at radius 1 is 1.08 bits per heavy atom. The third-order valence-corrected chi connectivity index (χ3v) is 3.68. The van der Waals surface area contributed by atoms with Crippen LogP contribution in [0.2, 0.25) is 0 Å². The van der Waals surface area contributed by atoms with Gasteiger partial charge in [0.1, 0.15) is 11.6 Å². The molecule has 2 rings (SSSR count). The molecule has 1 heterocycles. The number of anilines is 2. The van der Waals surface area contributed by atoms with Gasteiger partial charge in [0, 0.05) is 13.1 Å². The van der Waals surface area contributed by atoms with Gasteiger partial charge in [-0.1, -0.05) is 32.0 Å². The van der Waals surface area contributed by atoms with E-state index in [2.05, 4.69) is 29.0 Å². The van der Waals surface area contributed by atoms with Gasteiger partial charge in [-0.3, -0.25) is 4.79 Å². The lowest BCUT2D eigenvalue weighted by Gasteiger charge is -2.22. The second-order valence-electron chi connectivity index (χ2n) is 5.85. The van der Waals surface area contributed by atoms with Crippen molar-refractivity contribution < 1.29 is 9.53 Å². The van der Waals surface area contributed by atoms with E-state index in [9.17, 15) is 4.79 Å². The van der Waals surface area contributed by atoms with Crippen molar-refractivity contribution in [2.24, 2.45) is 0 Å². The van der Waals surface area contributed by atoms with Gasteiger partial charge in [-0.05, 0) is 37.1 Å². The van der Waals surface area contributed by atoms with Crippen LogP contribution in [0.4, 0.5) is 11.5 Å². The number of para-hydroxylation sites is 1. The van der Waals surface area contributed by atoms with Gasteiger partial charge >= 0.3 is 0 Å². The van der Waals surface area contributed by atoms with Gasteiger partial charge in [0.2, 0.25) is 5.91 Å². The molecule has 1 aromatic heterocycles. The van der Waals surface area contributed by atoms with Gasteiger partial charge in [0.25, 0.3) is 0 Å². The first kappa shape index (κ1) is 18.8. The van der Waals surface area contributed by atoms with E-state index in [0.717, 1.165) is 37.5 Å². The fourth-order valence-corrected chi connectivity index (χ4v) is 2.53. The number of benzene rings is 1. The molecule has 1 aromatic carbocycles. The molecule has 2 aromatic rings. The number of carbonyl (C=O) groups excluding carboxylic acids is 1. The molecule has 1 N–H and O–H groups in total. The van der Waals surface area contributed by atoms with E-state index in [-0.39, 0.29) is 5.91 Å². The monoisotopic (exact) mass is 341 g/mol. The average Bonchev–Trinajstić information content (AvgIpc) is 2.63. The highest BCUT2D eigenvalue weighted by molar-refractivity contribution is 5.90. The van der Waals surface area contributed by atoms with Crippen molar-refractivity contribution in [2.75, 3.05) is 29.9 Å². The molecule has 0 unspecified atom stereocenters. The molecule has 0 spiro atoms. The first-order valence-electron chi connectivity index (χ1n) is 8.91. The minimum absolute atomic E-state index is 0.0792. The van der Waals surface area contributed by atoms with E-state index in [4.69, 9.17) is 4.74 Å². The lowest BCUT2D eigenvalue weighted by molar-refractivity contribution is -0.116. The summed E-state index contributed by atoms with van der Waals surface area (Å²) in [5.41, 5.74) is 0.710. The summed E-state index contributed by atoms with van der Waals surface area (Å²) in [5.74, 6) is 1.65. The van der Waals surface area contributed by atoms with Crippen LogP contribution >= 0.6 is 0 Å². The molecule has 0 fully saturated rings. The van der Waals surface area contributed by atoms with E-state index in [1.54, 1.807) is 6.20 Å². The first-order valence-corrected chi connectivity index (χ1v) is 8.91. The number of pyridine rings is 1. The number of carbonyl (C=O) groups is 1. The van der Waals surface area contributed by atoms with Crippen LogP contribution in [-0.2, 0) is 4.79 Å². The fraction of sp³-hybridized carbons (Fsp3) is 0.400. The summed E-state index contributed by atoms with van der Waals surface area (Å²) < 4.78 is 5.54. The Kier molecular flexibility index (Phi) is 7.76. The Morgan fingerprint density at radius 2 is 1.80 bits per heavy atom. The summed E-state index contributed by atoms with van der Waals surface area (Å²) in [5, 5.41) is 2.86. The normalized spacial score (nSPS) is 10.3. The Labute approximate surface area is 150 Å². The topological polar surface area (TPSA) is 54.5 Å². The highest BCUT2D eigenvalue weighted by atomic mass is 16.5. The van der Waals surface area contributed by atoms with Crippen LogP contribution in [0.3, 0.4) is 0 Å². The van der Waals surface area contributed by atoms with E-state index < -0.39 is 0 Å². The molecular formula is C20H27N3O2. The molecule has 0 saturated carbocycles. The van der Waals surface area contributed by atoms with Crippen molar-refractivity contribution in [1.82, 2.24) is 4.98 Å². The zero-order chi connectivity index (χ0) is 17.9. The lowest BCUT2D eigenvalue weighted by Crippen LogP contribution is -2.25. The Morgan fingerprint density at radius 3 is 2.40 bits per heavy atom. The standard InChI is InChI=1S/C20H27N3O2/c1-3-13-23(14-4-2)19-11-10-17(16-21-19)22-20(24)12-15-25-18-8-6-5-7-9-18/h5-11,16H,3-4,12-15H2,1-2H3,(H,22,24). The Hall–Kier alpha value is -2.56. The van der Waals surface area contributed by atoms with Crippen LogP contribution in [0, 0.1) is 0 Å². The maximum Gasteiger partial charge on any atom is 0.227 e. The number of hydrogen-bond acceptors (Lipinski definition) is 4. The number of aromatic nitrogens is 1. The van der Waals surface area contributed by atoms with Crippen molar-refractivity contribution in [3.05, 3.63) is 48.7 Å². The first-order chi connectivity index (χ1) is 12.2. The van der Waals surface area contributed by atoms with Crippen molar-refractivity contribution in [3.63, 3.8) is 0 Å². The number of rotatable bonds is 10. The van der Waals surface area contributed by atoms with Gasteiger partial charge in [0.15, 0.2) is 0 Å². The molecule has 0 bridgehead atoms. The van der Waals surface area contributed by atoms with Gasteiger partial charge in [-0.15, -0.1) is 0 Å². The second-order valence-corrected chi connectivity index (χ2v) is 5.85. The molecule has 5 heteroatoms. The van der Waals surface area contributed by atoms with Crippen LogP contribution < -0.4 is 15.0 Å². The quantitative estimate of drug-likeness (QED) is 0.706. The third-order valence-electron chi connectivity index (χ3n) is 3.68. The van der Waals surface area contributed by atoms with E-state index in [1.165, 1.54) is 0 Å². The van der Waals surface area contributed by atoms with Crippen LogP contribution in [0.15, 0.2) is 48.7 Å². The van der Waals surface area contributed by atoms with Gasteiger partial charge in [0.05, 0.1) is 24.9 Å². The Bertz CT molecular complexity index is 623. The minimum atomic E-state index is -0.0792. The maximum atomic E-state index is 12.0. The molecule has 5 nitrogen and oxygen atoms in total. The number of nitrogens with zero attached hydrogens (tertiary/aromatic N) is 2. The zero-order valence-corrected chi connectivity index (χ0v) is 15.1. The zero-order valence-electron chi connectivity index (χ0n) is 15.1. The molecule has 0 aliphatic carbocycles. The summed E-state index contributed by atoms with van der Waals surface area (Å²) in [6, 6.07) is 13.3. The number of hydrogen-bond donors (Lipinski definition) is 1. The predicted molar refractivity (Wildman–Crippen MR) is 102 cm³/mol. The van der Waals surface area contributed by atoms with Crippen LogP contribution in [0.5, 0.6) is 5.75 Å². The highest BCUT2D eigenvalue weighted by Gasteiger charge is 2.07. The molecule has 25 heavy (non-hydrogen) atoms. The number of amides is 1. The van der Waals surface area contributed by atoms with Crippen LogP contribution in [0.1, 0.15) is 33.1 Å². The molecule has 0 atom stereocenters. The summed E-state index contributed by atoms with van der Waals surface area (Å²) in [7, 11) is 0. The summed E-state index contributed by atoms with van der Waals surface area (Å²) in [4.78, 5) is 18.7. The Balaban J connectivity index is 1.80. The second kappa shape index (κ2) is 10.3. The lowest BCUT2D eigenvalue weighted by atomic mass is 10.3. The summed E-state index contributed by atoms with van der Waals surface area (Å²) in [6.45, 7) is 6.65. The van der Waals surface area contributed by atoms with Crippen molar-refractivity contribution in [2.45, 2.75) is 33.1 Å². The molecule has 1 amide bonds. The maximum absolute atomic E-state index is 12.0. The summed E-state index contributed by atoms with van der Waals surface area (Å²) >= 11 is 0. The van der Waals surface area contributed by atoms with Crippen molar-refractivity contribution in [1.29, 1.82) is 0 Å². The van der Waals surface area contributed by atoms with Crippen molar-refractivity contribution >= 4 is 17.4 Å². The SMILES string of the molecule is CCCN(CCC)c1ccc(NC(=O)CCOc2ccccc2)cn1. The average molecular weight is 341 g/mol. The van der Waals surface area contributed by atoms with Crippen LogP contribution in [0.25, 0.3) is 0 Å². The van der Waals surface area contributed by atoms with Crippen molar-refractivity contribution in [3.8, 4) is 5.75 Å². The summed E-state index contributed by atoms with van der Waals surface area (Å²) in [6.07, 6.45) is 4.18. The molecule has 0 aliphatic rings. The molecule has 134 valence electrons. The third kappa shape index (κ3) is 6.45. The minimum Gasteiger partial charge on any atom is -0.493 e. The van der Waals surface area contributed by atoms with E-state index >= 15 is 0 Å². The molecule has 0 radical (unpaired) electrons. The van der Waals surface area contributed by atoms with Crippen LogP contribution in [-0.4, -0.2) is 30.6 Å². The smallest absolute Gasteiger partial charge is 0.227 e. The predicted octanol–water partition coefficient (Wildman–Crippen LogP) is 4.12. The van der Waals surface area contributed by atoms with Gasteiger partial charge < -0.3 is 15.0 Å².